The van der Waals surface area contributed by atoms with Crippen molar-refractivity contribution < 1.29 is 17.7 Å². The van der Waals surface area contributed by atoms with Gasteiger partial charge >= 0.3 is 0 Å². The molecule has 0 spiro atoms. The van der Waals surface area contributed by atoms with Gasteiger partial charge in [-0.2, -0.15) is 4.72 Å². The number of aryl methyl sites for hydroxylation is 2. The van der Waals surface area contributed by atoms with Gasteiger partial charge in [0, 0.05) is 13.1 Å². The lowest BCUT2D eigenvalue weighted by molar-refractivity contribution is -0.122. The molecule has 1 aromatic rings. The van der Waals surface area contributed by atoms with Crippen molar-refractivity contribution in [2.45, 2.75) is 38.1 Å². The predicted molar refractivity (Wildman–Crippen MR) is 91.6 cm³/mol. The van der Waals surface area contributed by atoms with Crippen molar-refractivity contribution in [2.75, 3.05) is 19.6 Å². The van der Waals surface area contributed by atoms with E-state index in [2.05, 4.69) is 20.5 Å². The molecule has 0 aromatic carbocycles. The van der Waals surface area contributed by atoms with Gasteiger partial charge in [-0.05, 0) is 33.7 Å². The van der Waals surface area contributed by atoms with Crippen LogP contribution in [0.3, 0.4) is 0 Å². The van der Waals surface area contributed by atoms with Gasteiger partial charge in [0.1, 0.15) is 10.6 Å². The molecule has 1 atom stereocenters. The predicted octanol–water partition coefficient (Wildman–Crippen LogP) is 0.416. The standard InChI is InChI=1S/C14H22N4O4S.ClH/c1-9-13(11(3)22-17-9)23(20,21)18-10(2)14(19)16-8-12-4-6-15-7-5-12;/h4,10,15,18H,5-8H2,1-3H3,(H,16,19);1H. The third-order valence-corrected chi connectivity index (χ3v) is 5.39. The number of aromatic nitrogens is 1. The summed E-state index contributed by atoms with van der Waals surface area (Å²) in [6.45, 7) is 6.66. The van der Waals surface area contributed by atoms with Crippen molar-refractivity contribution in [3.63, 3.8) is 0 Å². The van der Waals surface area contributed by atoms with E-state index in [4.69, 9.17) is 4.52 Å². The molecule has 2 rings (SSSR count). The van der Waals surface area contributed by atoms with Crippen molar-refractivity contribution in [1.29, 1.82) is 0 Å². The summed E-state index contributed by atoms with van der Waals surface area (Å²) in [5, 5.41) is 9.56. The molecule has 1 unspecified atom stereocenters. The average molecular weight is 379 g/mol. The van der Waals surface area contributed by atoms with Crippen molar-refractivity contribution in [2.24, 2.45) is 0 Å². The normalized spacial score (nSPS) is 16.0. The summed E-state index contributed by atoms with van der Waals surface area (Å²) < 4.78 is 31.9. The number of carbonyl (C=O) groups excluding carboxylic acids is 1. The molecule has 1 amide bonds. The Bertz CT molecular complexity index is 695. The van der Waals surface area contributed by atoms with E-state index in [1.54, 1.807) is 6.92 Å². The fraction of sp³-hybridized carbons (Fsp3) is 0.571. The first-order valence-corrected chi connectivity index (χ1v) is 8.91. The molecule has 8 nitrogen and oxygen atoms in total. The van der Waals surface area contributed by atoms with Crippen LogP contribution in [0, 0.1) is 13.8 Å². The first-order valence-electron chi connectivity index (χ1n) is 7.43. The Morgan fingerprint density at radius 1 is 1.46 bits per heavy atom. The first-order chi connectivity index (χ1) is 10.8. The zero-order valence-corrected chi connectivity index (χ0v) is 15.5. The minimum atomic E-state index is -3.86. The lowest BCUT2D eigenvalue weighted by Crippen LogP contribution is -2.45. The Balaban J connectivity index is 0.00000288. The molecule has 136 valence electrons. The topological polar surface area (TPSA) is 113 Å². The lowest BCUT2D eigenvalue weighted by atomic mass is 10.1. The molecule has 3 N–H and O–H groups in total. The summed E-state index contributed by atoms with van der Waals surface area (Å²) in [5.74, 6) is -0.178. The van der Waals surface area contributed by atoms with E-state index in [0.29, 0.717) is 6.54 Å². The van der Waals surface area contributed by atoms with Crippen molar-refractivity contribution in [3.8, 4) is 0 Å². The Kier molecular flexibility index (Phi) is 7.40. The van der Waals surface area contributed by atoms with Crippen LogP contribution < -0.4 is 15.4 Å². The maximum Gasteiger partial charge on any atom is 0.246 e. The Morgan fingerprint density at radius 2 is 2.17 bits per heavy atom. The SMILES string of the molecule is Cc1noc(C)c1S(=O)(=O)NC(C)C(=O)NCC1=CCNCC1.Cl. The molecule has 0 saturated heterocycles. The van der Waals surface area contributed by atoms with Crippen LogP contribution in [0.15, 0.2) is 21.1 Å². The summed E-state index contributed by atoms with van der Waals surface area (Å²) in [5.41, 5.74) is 1.40. The van der Waals surface area contributed by atoms with Crippen LogP contribution in [0.4, 0.5) is 0 Å². The van der Waals surface area contributed by atoms with Gasteiger partial charge in [0.15, 0.2) is 5.76 Å². The van der Waals surface area contributed by atoms with Gasteiger partial charge in [0.05, 0.1) is 6.04 Å². The monoisotopic (exact) mass is 378 g/mol. The van der Waals surface area contributed by atoms with E-state index < -0.39 is 16.1 Å². The van der Waals surface area contributed by atoms with Crippen molar-refractivity contribution >= 4 is 28.3 Å². The van der Waals surface area contributed by atoms with Gasteiger partial charge in [-0.15, -0.1) is 12.4 Å². The molecule has 0 radical (unpaired) electrons. The van der Waals surface area contributed by atoms with Crippen LogP contribution in [0.5, 0.6) is 0 Å². The molecule has 0 bridgehead atoms. The van der Waals surface area contributed by atoms with Crippen LogP contribution in [0.1, 0.15) is 24.8 Å². The highest BCUT2D eigenvalue weighted by Gasteiger charge is 2.28. The number of sulfonamides is 1. The summed E-state index contributed by atoms with van der Waals surface area (Å²) in [6, 6.07) is -0.893. The Morgan fingerprint density at radius 3 is 2.71 bits per heavy atom. The van der Waals surface area contributed by atoms with E-state index >= 15 is 0 Å². The molecule has 0 aliphatic carbocycles. The maximum absolute atomic E-state index is 12.3. The molecule has 0 fully saturated rings. The van der Waals surface area contributed by atoms with Gasteiger partial charge in [0.25, 0.3) is 0 Å². The van der Waals surface area contributed by atoms with E-state index in [-0.39, 0.29) is 34.7 Å². The first kappa shape index (κ1) is 20.6. The fourth-order valence-electron chi connectivity index (χ4n) is 2.39. The number of halogens is 1. The molecular weight excluding hydrogens is 356 g/mol. The van der Waals surface area contributed by atoms with Crippen LogP contribution in [-0.4, -0.2) is 45.2 Å². The van der Waals surface area contributed by atoms with Gasteiger partial charge in [-0.1, -0.05) is 16.8 Å². The molecular formula is C14H23ClN4O4S. The summed E-state index contributed by atoms with van der Waals surface area (Å²) in [6.07, 6.45) is 2.90. The second kappa shape index (κ2) is 8.61. The van der Waals surface area contributed by atoms with Gasteiger partial charge in [-0.3, -0.25) is 4.79 Å². The average Bonchev–Trinajstić information content (AvgIpc) is 2.85. The number of rotatable bonds is 6. The van der Waals surface area contributed by atoms with Crippen LogP contribution in [0.2, 0.25) is 0 Å². The number of amides is 1. The molecule has 1 aromatic heterocycles. The number of hydrogen-bond acceptors (Lipinski definition) is 6. The molecule has 1 aliphatic rings. The van der Waals surface area contributed by atoms with Crippen LogP contribution in [-0.2, 0) is 14.8 Å². The maximum atomic E-state index is 12.3. The highest BCUT2D eigenvalue weighted by Crippen LogP contribution is 2.18. The van der Waals surface area contributed by atoms with Crippen molar-refractivity contribution in [3.05, 3.63) is 23.1 Å². The van der Waals surface area contributed by atoms with Gasteiger partial charge in [0.2, 0.25) is 15.9 Å². The van der Waals surface area contributed by atoms with Gasteiger partial charge in [-0.25, -0.2) is 8.42 Å². The number of hydrogen-bond donors (Lipinski definition) is 3. The van der Waals surface area contributed by atoms with Crippen LogP contribution >= 0.6 is 12.4 Å². The zero-order chi connectivity index (χ0) is 17.0. The number of carbonyl (C=O) groups is 1. The minimum absolute atomic E-state index is 0. The fourth-order valence-corrected chi connectivity index (χ4v) is 3.92. The van der Waals surface area contributed by atoms with E-state index in [1.807, 2.05) is 6.08 Å². The quantitative estimate of drug-likeness (QED) is 0.618. The third kappa shape index (κ3) is 5.04. The molecule has 1 aliphatic heterocycles. The molecule has 0 saturated carbocycles. The summed E-state index contributed by atoms with van der Waals surface area (Å²) >= 11 is 0. The third-order valence-electron chi connectivity index (χ3n) is 3.61. The Labute approximate surface area is 147 Å². The molecule has 10 heteroatoms. The zero-order valence-electron chi connectivity index (χ0n) is 13.9. The van der Waals surface area contributed by atoms with Gasteiger partial charge < -0.3 is 15.2 Å². The second-order valence-corrected chi connectivity index (χ2v) is 7.18. The smallest absolute Gasteiger partial charge is 0.246 e. The van der Waals surface area contributed by atoms with E-state index in [9.17, 15) is 13.2 Å². The largest absolute Gasteiger partial charge is 0.360 e. The second-order valence-electron chi connectivity index (χ2n) is 5.53. The molecule has 2 heterocycles. The minimum Gasteiger partial charge on any atom is -0.360 e. The molecule has 24 heavy (non-hydrogen) atoms. The summed E-state index contributed by atoms with van der Waals surface area (Å²) in [7, 11) is -3.86. The number of nitrogens with zero attached hydrogens (tertiary/aromatic N) is 1. The van der Waals surface area contributed by atoms with E-state index in [1.165, 1.54) is 13.8 Å². The summed E-state index contributed by atoms with van der Waals surface area (Å²) in [4.78, 5) is 12.1. The Hall–Kier alpha value is -1.42. The lowest BCUT2D eigenvalue weighted by Gasteiger charge is -2.17. The highest BCUT2D eigenvalue weighted by molar-refractivity contribution is 7.89. The van der Waals surface area contributed by atoms with E-state index in [0.717, 1.165) is 25.1 Å². The van der Waals surface area contributed by atoms with Crippen molar-refractivity contribution in [1.82, 2.24) is 20.5 Å². The van der Waals surface area contributed by atoms with Crippen LogP contribution in [0.25, 0.3) is 0 Å². The highest BCUT2D eigenvalue weighted by atomic mass is 35.5. The number of nitrogens with one attached hydrogen (secondary N) is 3.